The quantitative estimate of drug-likeness (QED) is 0.649. The molecule has 17 heavy (non-hydrogen) atoms. The van der Waals surface area contributed by atoms with Crippen LogP contribution in [0, 0.1) is 17.8 Å². The summed E-state index contributed by atoms with van der Waals surface area (Å²) in [5.74, 6) is 3.28. The van der Waals surface area contributed by atoms with Gasteiger partial charge in [0.05, 0.1) is 0 Å². The van der Waals surface area contributed by atoms with E-state index in [1.54, 1.807) is 19.3 Å². The summed E-state index contributed by atoms with van der Waals surface area (Å²) in [7, 11) is 2.42. The molecule has 0 aromatic rings. The van der Waals surface area contributed by atoms with Crippen molar-refractivity contribution in [3.05, 3.63) is 0 Å². The minimum absolute atomic E-state index is 0.641. The van der Waals surface area contributed by atoms with Gasteiger partial charge in [-0.05, 0) is 76.3 Å². The average molecular weight is 235 g/mol. The number of unbranched alkanes of at least 4 members (excludes halogenated alkanes) is 2. The molecule has 4 aliphatic rings. The zero-order valence-electron chi connectivity index (χ0n) is 11.8. The summed E-state index contributed by atoms with van der Waals surface area (Å²) in [6.07, 6.45) is 13.5. The van der Waals surface area contributed by atoms with Gasteiger partial charge in [0, 0.05) is 5.54 Å². The molecule has 0 aliphatic heterocycles. The van der Waals surface area contributed by atoms with Crippen LogP contribution in [0.5, 0.6) is 0 Å². The summed E-state index contributed by atoms with van der Waals surface area (Å²) in [5.41, 5.74) is 0.641. The minimum atomic E-state index is 0.641. The highest BCUT2D eigenvalue weighted by atomic mass is 15.2. The van der Waals surface area contributed by atoms with Crippen LogP contribution in [-0.2, 0) is 0 Å². The zero-order valence-corrected chi connectivity index (χ0v) is 11.8. The maximum atomic E-state index is 2.77. The summed E-state index contributed by atoms with van der Waals surface area (Å²) >= 11 is 0. The predicted octanol–water partition coefficient (Wildman–Crippen LogP) is 4.08. The largest absolute Gasteiger partial charge is 0.301 e. The molecule has 0 aromatic carbocycles. The fourth-order valence-electron chi connectivity index (χ4n) is 5.37. The van der Waals surface area contributed by atoms with Gasteiger partial charge in [-0.1, -0.05) is 19.8 Å². The van der Waals surface area contributed by atoms with Gasteiger partial charge in [0.15, 0.2) is 0 Å². The third kappa shape index (κ3) is 2.16. The maximum absolute atomic E-state index is 2.77. The van der Waals surface area contributed by atoms with Gasteiger partial charge < -0.3 is 4.90 Å². The standard InChI is InChI=1S/C16H29N/c1-3-4-5-6-17(2)16-10-13-7-14(11-16)9-15(8-13)12-16/h13-15H,3-12H2,1-2H3. The molecule has 98 valence electrons. The number of nitrogens with zero attached hydrogens (tertiary/aromatic N) is 1. The SMILES string of the molecule is CCCCCN(C)C12CC3CC(CC(C3)C1)C2. The van der Waals surface area contributed by atoms with Gasteiger partial charge in [-0.15, -0.1) is 0 Å². The van der Waals surface area contributed by atoms with Crippen molar-refractivity contribution < 1.29 is 0 Å². The number of rotatable bonds is 5. The summed E-state index contributed by atoms with van der Waals surface area (Å²) in [4.78, 5) is 2.77. The van der Waals surface area contributed by atoms with E-state index < -0.39 is 0 Å². The molecular weight excluding hydrogens is 206 g/mol. The Balaban J connectivity index is 1.64. The van der Waals surface area contributed by atoms with Crippen LogP contribution in [0.2, 0.25) is 0 Å². The fraction of sp³-hybridized carbons (Fsp3) is 1.00. The molecule has 0 N–H and O–H groups in total. The van der Waals surface area contributed by atoms with E-state index in [9.17, 15) is 0 Å². The van der Waals surface area contributed by atoms with E-state index in [4.69, 9.17) is 0 Å². The lowest BCUT2D eigenvalue weighted by Gasteiger charge is -2.60. The van der Waals surface area contributed by atoms with Gasteiger partial charge >= 0.3 is 0 Å². The lowest BCUT2D eigenvalue weighted by molar-refractivity contribution is -0.0792. The molecule has 4 fully saturated rings. The zero-order chi connectivity index (χ0) is 11.9. The highest BCUT2D eigenvalue weighted by molar-refractivity contribution is 5.06. The van der Waals surface area contributed by atoms with E-state index in [2.05, 4.69) is 18.9 Å². The van der Waals surface area contributed by atoms with Crippen molar-refractivity contribution in [2.45, 2.75) is 70.3 Å². The van der Waals surface area contributed by atoms with Crippen molar-refractivity contribution in [2.75, 3.05) is 13.6 Å². The molecule has 4 rings (SSSR count). The Labute approximate surface area is 107 Å². The van der Waals surface area contributed by atoms with Crippen molar-refractivity contribution >= 4 is 0 Å². The molecule has 0 heterocycles. The first-order chi connectivity index (χ1) is 8.22. The van der Waals surface area contributed by atoms with Gasteiger partial charge in [-0.2, -0.15) is 0 Å². The highest BCUT2D eigenvalue weighted by Gasteiger charge is 2.52. The van der Waals surface area contributed by atoms with Crippen LogP contribution < -0.4 is 0 Å². The van der Waals surface area contributed by atoms with Crippen LogP contribution in [0.1, 0.15) is 64.7 Å². The van der Waals surface area contributed by atoms with E-state index in [1.165, 1.54) is 45.1 Å². The summed E-state index contributed by atoms with van der Waals surface area (Å²) < 4.78 is 0. The Morgan fingerprint density at radius 1 is 0.941 bits per heavy atom. The summed E-state index contributed by atoms with van der Waals surface area (Å²) in [6, 6.07) is 0. The molecule has 0 radical (unpaired) electrons. The molecule has 4 aliphatic carbocycles. The van der Waals surface area contributed by atoms with Crippen molar-refractivity contribution in [3.63, 3.8) is 0 Å². The molecule has 1 nitrogen and oxygen atoms in total. The van der Waals surface area contributed by atoms with Gasteiger partial charge in [0.25, 0.3) is 0 Å². The Kier molecular flexibility index (Phi) is 3.23. The van der Waals surface area contributed by atoms with E-state index >= 15 is 0 Å². The molecule has 0 amide bonds. The van der Waals surface area contributed by atoms with E-state index in [0.717, 1.165) is 17.8 Å². The van der Waals surface area contributed by atoms with Crippen LogP contribution in [0.4, 0.5) is 0 Å². The van der Waals surface area contributed by atoms with E-state index in [-0.39, 0.29) is 0 Å². The van der Waals surface area contributed by atoms with E-state index in [0.29, 0.717) is 5.54 Å². The maximum Gasteiger partial charge on any atom is 0.0214 e. The topological polar surface area (TPSA) is 3.24 Å². The van der Waals surface area contributed by atoms with Gasteiger partial charge in [0.1, 0.15) is 0 Å². The minimum Gasteiger partial charge on any atom is -0.301 e. The normalized spacial score (nSPS) is 43.6. The smallest absolute Gasteiger partial charge is 0.0214 e. The second-order valence-corrected chi connectivity index (χ2v) is 7.27. The Hall–Kier alpha value is -0.0400. The molecule has 4 saturated carbocycles. The number of hydrogen-bond acceptors (Lipinski definition) is 1. The highest BCUT2D eigenvalue weighted by Crippen LogP contribution is 2.57. The van der Waals surface area contributed by atoms with Crippen molar-refractivity contribution in [1.29, 1.82) is 0 Å². The average Bonchev–Trinajstić information content (AvgIpc) is 2.27. The number of hydrogen-bond donors (Lipinski definition) is 0. The molecule has 4 bridgehead atoms. The monoisotopic (exact) mass is 235 g/mol. The first-order valence-corrected chi connectivity index (χ1v) is 7.93. The lowest BCUT2D eigenvalue weighted by Crippen LogP contribution is -2.58. The van der Waals surface area contributed by atoms with Gasteiger partial charge in [-0.3, -0.25) is 0 Å². The molecule has 0 spiro atoms. The van der Waals surface area contributed by atoms with E-state index in [1.807, 2.05) is 0 Å². The first kappa shape index (κ1) is 12.0. The van der Waals surface area contributed by atoms with Crippen LogP contribution in [-0.4, -0.2) is 24.0 Å². The first-order valence-electron chi connectivity index (χ1n) is 7.93. The summed E-state index contributed by atoms with van der Waals surface area (Å²) in [5, 5.41) is 0. The van der Waals surface area contributed by atoms with Crippen molar-refractivity contribution in [2.24, 2.45) is 17.8 Å². The third-order valence-corrected chi connectivity index (χ3v) is 5.91. The van der Waals surface area contributed by atoms with Crippen molar-refractivity contribution in [1.82, 2.24) is 4.90 Å². The molecule has 1 heteroatoms. The molecule has 0 unspecified atom stereocenters. The molecular formula is C16H29N. The molecule has 0 atom stereocenters. The van der Waals surface area contributed by atoms with Gasteiger partial charge in [-0.25, -0.2) is 0 Å². The lowest BCUT2D eigenvalue weighted by atomic mass is 9.52. The molecule has 0 saturated heterocycles. The van der Waals surface area contributed by atoms with Crippen LogP contribution >= 0.6 is 0 Å². The van der Waals surface area contributed by atoms with Crippen LogP contribution in [0.25, 0.3) is 0 Å². The summed E-state index contributed by atoms with van der Waals surface area (Å²) in [6.45, 7) is 3.66. The second-order valence-electron chi connectivity index (χ2n) is 7.27. The van der Waals surface area contributed by atoms with Crippen molar-refractivity contribution in [3.8, 4) is 0 Å². The Morgan fingerprint density at radius 3 is 1.94 bits per heavy atom. The predicted molar refractivity (Wildman–Crippen MR) is 73.1 cm³/mol. The molecule has 0 aromatic heterocycles. The Morgan fingerprint density at radius 2 is 1.47 bits per heavy atom. The van der Waals surface area contributed by atoms with Crippen LogP contribution in [0.3, 0.4) is 0 Å². The Bertz CT molecular complexity index is 235. The second kappa shape index (κ2) is 4.57. The van der Waals surface area contributed by atoms with Crippen LogP contribution in [0.15, 0.2) is 0 Å². The van der Waals surface area contributed by atoms with Gasteiger partial charge in [0.2, 0.25) is 0 Å². The fourth-order valence-corrected chi connectivity index (χ4v) is 5.37. The third-order valence-electron chi connectivity index (χ3n) is 5.91.